The third kappa shape index (κ3) is 5.93. The Labute approximate surface area is 184 Å². The van der Waals surface area contributed by atoms with Gasteiger partial charge in [-0.3, -0.25) is 4.79 Å². The van der Waals surface area contributed by atoms with Gasteiger partial charge in [-0.05, 0) is 57.8 Å². The van der Waals surface area contributed by atoms with Gasteiger partial charge in [0.15, 0.2) is 0 Å². The molecular formula is C20H34ClN3O5S. The Morgan fingerprint density at radius 2 is 1.80 bits per heavy atom. The van der Waals surface area contributed by atoms with Crippen LogP contribution in [0.15, 0.2) is 5.18 Å². The van der Waals surface area contributed by atoms with Crippen molar-refractivity contribution in [3.8, 4) is 0 Å². The fraction of sp³-hybridized carbons (Fsp3) is 0.950. The van der Waals surface area contributed by atoms with E-state index in [0.717, 1.165) is 44.9 Å². The highest BCUT2D eigenvalue weighted by Gasteiger charge is 2.42. The first-order chi connectivity index (χ1) is 14.3. The largest absolute Gasteiger partial charge is 0.380 e. The van der Waals surface area contributed by atoms with E-state index in [2.05, 4.69) is 15.2 Å². The molecule has 1 amide bonds. The molecule has 3 saturated carbocycles. The minimum Gasteiger partial charge on any atom is -0.380 e. The van der Waals surface area contributed by atoms with Crippen LogP contribution < -0.4 is 10.0 Å². The number of hydrogen-bond donors (Lipinski definition) is 2. The molecule has 7 atom stereocenters. The van der Waals surface area contributed by atoms with Gasteiger partial charge in [-0.1, -0.05) is 18.0 Å². The van der Waals surface area contributed by atoms with E-state index >= 15 is 0 Å². The number of carbonyl (C=O) groups excluding carboxylic acids is 1. The molecule has 0 bridgehead atoms. The van der Waals surface area contributed by atoms with Crippen LogP contribution in [0.25, 0.3) is 0 Å². The van der Waals surface area contributed by atoms with Gasteiger partial charge < -0.3 is 10.1 Å². The third-order valence-corrected chi connectivity index (χ3v) is 9.42. The number of methoxy groups -OCH3 is 1. The monoisotopic (exact) mass is 463 g/mol. The third-order valence-electron chi connectivity index (χ3n) is 6.96. The summed E-state index contributed by atoms with van der Waals surface area (Å²) < 4.78 is 34.5. The fourth-order valence-corrected chi connectivity index (χ4v) is 7.30. The van der Waals surface area contributed by atoms with Crippen molar-refractivity contribution in [2.45, 2.75) is 105 Å². The smallest absolute Gasteiger partial charge is 0.224 e. The Balaban J connectivity index is 1.60. The van der Waals surface area contributed by atoms with Gasteiger partial charge >= 0.3 is 0 Å². The van der Waals surface area contributed by atoms with Crippen molar-refractivity contribution in [1.29, 1.82) is 0 Å². The Morgan fingerprint density at radius 3 is 2.53 bits per heavy atom. The van der Waals surface area contributed by atoms with Crippen LogP contribution in [-0.4, -0.2) is 56.3 Å². The van der Waals surface area contributed by atoms with Crippen molar-refractivity contribution in [2.24, 2.45) is 11.1 Å². The molecule has 3 fully saturated rings. The van der Waals surface area contributed by atoms with Gasteiger partial charge in [-0.25, -0.2) is 13.1 Å². The number of nitrogens with one attached hydrogen (secondary N) is 2. The number of hydrogen-bond acceptors (Lipinski definition) is 6. The second-order valence-corrected chi connectivity index (χ2v) is 11.6. The van der Waals surface area contributed by atoms with E-state index in [1.54, 1.807) is 7.11 Å². The topological polar surface area (TPSA) is 114 Å². The zero-order valence-corrected chi connectivity index (χ0v) is 19.2. The van der Waals surface area contributed by atoms with E-state index in [9.17, 15) is 18.1 Å². The lowest BCUT2D eigenvalue weighted by Crippen LogP contribution is -2.52. The summed E-state index contributed by atoms with van der Waals surface area (Å²) in [5.41, 5.74) is 0. The van der Waals surface area contributed by atoms with E-state index < -0.39 is 21.2 Å². The zero-order valence-electron chi connectivity index (χ0n) is 17.6. The maximum atomic E-state index is 13.1. The molecule has 7 unspecified atom stereocenters. The summed E-state index contributed by atoms with van der Waals surface area (Å²) in [6.45, 7) is 0. The summed E-state index contributed by atoms with van der Waals surface area (Å²) in [7, 11) is -1.97. The van der Waals surface area contributed by atoms with Gasteiger partial charge in [0.2, 0.25) is 15.9 Å². The van der Waals surface area contributed by atoms with Gasteiger partial charge in [0.05, 0.1) is 23.3 Å². The maximum Gasteiger partial charge on any atom is 0.224 e. The molecule has 30 heavy (non-hydrogen) atoms. The van der Waals surface area contributed by atoms with E-state index in [1.165, 1.54) is 0 Å². The highest BCUT2D eigenvalue weighted by Crippen LogP contribution is 2.34. The van der Waals surface area contributed by atoms with Crippen molar-refractivity contribution in [3.05, 3.63) is 4.91 Å². The number of nitrogens with zero attached hydrogens (tertiary/aromatic N) is 1. The summed E-state index contributed by atoms with van der Waals surface area (Å²) in [5.74, 6) is -0.769. The van der Waals surface area contributed by atoms with Crippen LogP contribution in [0.3, 0.4) is 0 Å². The number of halogens is 1. The Bertz CT molecular complexity index is 707. The Morgan fingerprint density at radius 1 is 1.03 bits per heavy atom. The number of nitroso groups, excluding NO2 is 1. The summed E-state index contributed by atoms with van der Waals surface area (Å²) in [5, 5.41) is 5.09. The molecule has 3 aliphatic rings. The number of sulfonamides is 1. The quantitative estimate of drug-likeness (QED) is 0.445. The molecule has 0 radical (unpaired) electrons. The summed E-state index contributed by atoms with van der Waals surface area (Å²) in [6, 6.07) is -0.578. The lowest BCUT2D eigenvalue weighted by Gasteiger charge is -2.36. The van der Waals surface area contributed by atoms with E-state index in [4.69, 9.17) is 16.3 Å². The van der Waals surface area contributed by atoms with Crippen LogP contribution in [0.1, 0.15) is 70.6 Å². The van der Waals surface area contributed by atoms with Gasteiger partial charge in [0.25, 0.3) is 0 Å². The molecule has 3 rings (SSSR count). The van der Waals surface area contributed by atoms with E-state index in [1.807, 2.05) is 0 Å². The summed E-state index contributed by atoms with van der Waals surface area (Å²) in [6.07, 6.45) is 7.60. The molecule has 10 heteroatoms. The first kappa shape index (κ1) is 23.9. The lowest BCUT2D eigenvalue weighted by molar-refractivity contribution is -0.126. The minimum absolute atomic E-state index is 0.0994. The van der Waals surface area contributed by atoms with Crippen molar-refractivity contribution >= 4 is 27.5 Å². The molecule has 0 aromatic carbocycles. The van der Waals surface area contributed by atoms with E-state index in [0.29, 0.717) is 19.3 Å². The Kier molecular flexibility index (Phi) is 8.52. The SMILES string of the molecule is COC1CCCCC1NS(=O)(=O)C1CCC(Cl)C(C(=O)NC2CCCC(N=O)C2)C1. The normalized spacial score (nSPS) is 38.0. The molecule has 0 aromatic heterocycles. The average Bonchev–Trinajstić information content (AvgIpc) is 2.74. The van der Waals surface area contributed by atoms with Gasteiger partial charge in [0, 0.05) is 24.6 Å². The molecule has 0 aromatic rings. The molecule has 0 spiro atoms. The van der Waals surface area contributed by atoms with Crippen LogP contribution in [0.2, 0.25) is 0 Å². The highest BCUT2D eigenvalue weighted by molar-refractivity contribution is 7.90. The molecular weight excluding hydrogens is 430 g/mol. The zero-order chi connectivity index (χ0) is 21.7. The molecule has 0 saturated heterocycles. The van der Waals surface area contributed by atoms with Crippen LogP contribution in [0.5, 0.6) is 0 Å². The first-order valence-electron chi connectivity index (χ1n) is 11.1. The predicted molar refractivity (Wildman–Crippen MR) is 116 cm³/mol. The summed E-state index contributed by atoms with van der Waals surface area (Å²) >= 11 is 6.44. The van der Waals surface area contributed by atoms with Gasteiger partial charge in [0.1, 0.15) is 0 Å². The first-order valence-corrected chi connectivity index (χ1v) is 13.1. The maximum absolute atomic E-state index is 13.1. The minimum atomic E-state index is -3.59. The standard InChI is InChI=1S/C20H34ClN3O5S/c1-29-19-8-3-2-7-18(19)24-30(27,28)15-9-10-17(21)16(12-15)20(25)22-13-5-4-6-14(11-13)23-26/h13-19,24H,2-12H2,1H3,(H,22,25). The van der Waals surface area contributed by atoms with Crippen molar-refractivity contribution in [1.82, 2.24) is 10.0 Å². The Hall–Kier alpha value is -0.770. The highest BCUT2D eigenvalue weighted by atomic mass is 35.5. The van der Waals surface area contributed by atoms with Gasteiger partial charge in [-0.15, -0.1) is 11.6 Å². The number of carbonyl (C=O) groups is 1. The fourth-order valence-electron chi connectivity index (χ4n) is 5.17. The average molecular weight is 464 g/mol. The predicted octanol–water partition coefficient (Wildman–Crippen LogP) is 2.83. The van der Waals surface area contributed by atoms with Crippen LogP contribution in [0.4, 0.5) is 0 Å². The molecule has 8 nitrogen and oxygen atoms in total. The van der Waals surface area contributed by atoms with Gasteiger partial charge in [-0.2, -0.15) is 4.91 Å². The molecule has 0 aliphatic heterocycles. The number of ether oxygens (including phenoxy) is 1. The molecule has 172 valence electrons. The molecule has 3 aliphatic carbocycles. The second-order valence-electron chi connectivity index (χ2n) is 9.02. The number of rotatable bonds is 7. The van der Waals surface area contributed by atoms with Crippen molar-refractivity contribution in [3.63, 3.8) is 0 Å². The van der Waals surface area contributed by atoms with Crippen LogP contribution in [0, 0.1) is 10.8 Å². The lowest BCUT2D eigenvalue weighted by atomic mass is 9.86. The van der Waals surface area contributed by atoms with Crippen molar-refractivity contribution < 1.29 is 17.9 Å². The summed E-state index contributed by atoms with van der Waals surface area (Å²) in [4.78, 5) is 23.7. The van der Waals surface area contributed by atoms with E-state index in [-0.39, 0.29) is 41.9 Å². The number of alkyl halides is 1. The second kappa shape index (κ2) is 10.7. The molecule has 0 heterocycles. The number of amides is 1. The van der Waals surface area contributed by atoms with Crippen LogP contribution in [-0.2, 0) is 19.6 Å². The van der Waals surface area contributed by atoms with Crippen LogP contribution >= 0.6 is 11.6 Å². The molecule has 2 N–H and O–H groups in total. The van der Waals surface area contributed by atoms with Crippen molar-refractivity contribution in [2.75, 3.05) is 7.11 Å².